The molecule has 0 unspecified atom stereocenters. The summed E-state index contributed by atoms with van der Waals surface area (Å²) >= 11 is 6.09. The fraction of sp³-hybridized carbons (Fsp3) is 0.176. The Bertz CT molecular complexity index is 942. The molecular formula is C17H15ClFN3O3. The maximum absolute atomic E-state index is 13.2. The summed E-state index contributed by atoms with van der Waals surface area (Å²) in [6.07, 6.45) is 2.93. The first-order valence-corrected chi connectivity index (χ1v) is 7.72. The lowest BCUT2D eigenvalue weighted by atomic mass is 10.2. The van der Waals surface area contributed by atoms with E-state index in [2.05, 4.69) is 10.3 Å². The van der Waals surface area contributed by atoms with Gasteiger partial charge in [0.1, 0.15) is 23.0 Å². The van der Waals surface area contributed by atoms with Crippen LogP contribution in [0.25, 0.3) is 5.65 Å². The number of methoxy groups -OCH3 is 2. The minimum atomic E-state index is -0.376. The number of fused-ring (bicyclic) bond motifs is 1. The molecule has 6 nitrogen and oxygen atoms in total. The van der Waals surface area contributed by atoms with E-state index in [0.29, 0.717) is 33.6 Å². The second-order valence-electron chi connectivity index (χ2n) is 5.26. The summed E-state index contributed by atoms with van der Waals surface area (Å²) in [4.78, 5) is 16.6. The number of imidazole rings is 1. The predicted octanol–water partition coefficient (Wildman–Crippen LogP) is 3.33. The van der Waals surface area contributed by atoms with Crippen LogP contribution in [0.4, 0.5) is 10.1 Å². The number of carbonyl (C=O) groups excluding carboxylic acids is 1. The van der Waals surface area contributed by atoms with Crippen LogP contribution in [0.5, 0.6) is 11.5 Å². The van der Waals surface area contributed by atoms with E-state index in [0.717, 1.165) is 0 Å². The molecule has 8 heteroatoms. The molecule has 0 aliphatic heterocycles. The van der Waals surface area contributed by atoms with Gasteiger partial charge in [-0.2, -0.15) is 0 Å². The fourth-order valence-electron chi connectivity index (χ4n) is 2.42. The molecule has 130 valence electrons. The Labute approximate surface area is 148 Å². The molecule has 3 aromatic rings. The highest BCUT2D eigenvalue weighted by Crippen LogP contribution is 2.35. The van der Waals surface area contributed by atoms with E-state index in [1.807, 2.05) is 0 Å². The summed E-state index contributed by atoms with van der Waals surface area (Å²) in [5.41, 5.74) is 1.50. The Balaban J connectivity index is 1.78. The highest BCUT2D eigenvalue weighted by Gasteiger charge is 2.14. The maximum Gasteiger partial charge on any atom is 0.230 e. The van der Waals surface area contributed by atoms with Crippen molar-refractivity contribution >= 4 is 28.8 Å². The third kappa shape index (κ3) is 3.66. The van der Waals surface area contributed by atoms with E-state index >= 15 is 0 Å². The van der Waals surface area contributed by atoms with Gasteiger partial charge in [0, 0.05) is 18.5 Å². The van der Waals surface area contributed by atoms with Gasteiger partial charge in [0.25, 0.3) is 0 Å². The van der Waals surface area contributed by atoms with E-state index in [1.54, 1.807) is 24.4 Å². The second-order valence-corrected chi connectivity index (χ2v) is 5.66. The normalized spacial score (nSPS) is 10.7. The number of amides is 1. The lowest BCUT2D eigenvalue weighted by molar-refractivity contribution is -0.115. The number of rotatable bonds is 5. The van der Waals surface area contributed by atoms with Gasteiger partial charge in [0.05, 0.1) is 37.0 Å². The van der Waals surface area contributed by atoms with Crippen molar-refractivity contribution in [3.63, 3.8) is 0 Å². The molecule has 0 spiro atoms. The molecule has 0 aliphatic carbocycles. The van der Waals surface area contributed by atoms with E-state index in [9.17, 15) is 9.18 Å². The molecule has 2 aromatic heterocycles. The molecule has 0 fully saturated rings. The third-order valence-electron chi connectivity index (χ3n) is 3.55. The average Bonchev–Trinajstić information content (AvgIpc) is 2.96. The monoisotopic (exact) mass is 363 g/mol. The first kappa shape index (κ1) is 17.0. The zero-order chi connectivity index (χ0) is 18.0. The van der Waals surface area contributed by atoms with Crippen molar-refractivity contribution in [2.24, 2.45) is 0 Å². The summed E-state index contributed by atoms with van der Waals surface area (Å²) < 4.78 is 25.1. The van der Waals surface area contributed by atoms with Crippen molar-refractivity contribution in [3.05, 3.63) is 53.2 Å². The van der Waals surface area contributed by atoms with E-state index < -0.39 is 0 Å². The Morgan fingerprint density at radius 2 is 2.00 bits per heavy atom. The Hall–Kier alpha value is -2.80. The van der Waals surface area contributed by atoms with Crippen LogP contribution in [-0.2, 0) is 11.2 Å². The van der Waals surface area contributed by atoms with E-state index in [1.165, 1.54) is 30.9 Å². The molecule has 0 saturated carbocycles. The molecule has 1 N–H and O–H groups in total. The topological polar surface area (TPSA) is 64.9 Å². The smallest absolute Gasteiger partial charge is 0.230 e. The van der Waals surface area contributed by atoms with Crippen LogP contribution in [0.15, 0.2) is 36.7 Å². The minimum absolute atomic E-state index is 0.0239. The summed E-state index contributed by atoms with van der Waals surface area (Å²) in [6.45, 7) is 0. The number of ether oxygens (including phenoxy) is 2. The summed E-state index contributed by atoms with van der Waals surface area (Å²) in [6, 6.07) is 6.00. The van der Waals surface area contributed by atoms with Gasteiger partial charge in [0.2, 0.25) is 5.91 Å². The van der Waals surface area contributed by atoms with Gasteiger partial charge in [-0.05, 0) is 18.2 Å². The Morgan fingerprint density at radius 1 is 1.24 bits per heavy atom. The lowest BCUT2D eigenvalue weighted by Crippen LogP contribution is -2.15. The summed E-state index contributed by atoms with van der Waals surface area (Å²) in [5.74, 6) is 0.187. The number of aromatic nitrogens is 2. The number of nitrogens with zero attached hydrogens (tertiary/aromatic N) is 2. The quantitative estimate of drug-likeness (QED) is 0.755. The van der Waals surface area contributed by atoms with Gasteiger partial charge in [-0.3, -0.25) is 4.79 Å². The van der Waals surface area contributed by atoms with Crippen molar-refractivity contribution < 1.29 is 18.7 Å². The molecule has 0 atom stereocenters. The third-order valence-corrected chi connectivity index (χ3v) is 3.85. The van der Waals surface area contributed by atoms with Gasteiger partial charge in [-0.25, -0.2) is 9.37 Å². The van der Waals surface area contributed by atoms with E-state index in [-0.39, 0.29) is 18.1 Å². The number of benzene rings is 1. The van der Waals surface area contributed by atoms with Gasteiger partial charge < -0.3 is 19.2 Å². The molecule has 2 heterocycles. The van der Waals surface area contributed by atoms with Crippen molar-refractivity contribution in [3.8, 4) is 11.5 Å². The van der Waals surface area contributed by atoms with Crippen LogP contribution in [0.2, 0.25) is 5.02 Å². The SMILES string of the molecule is COc1cc(OC)c(NC(=O)Cc2cn3cc(F)ccc3n2)cc1Cl. The van der Waals surface area contributed by atoms with Crippen LogP contribution in [0.1, 0.15) is 5.69 Å². The van der Waals surface area contributed by atoms with Crippen LogP contribution in [0, 0.1) is 5.82 Å². The largest absolute Gasteiger partial charge is 0.495 e. The van der Waals surface area contributed by atoms with Gasteiger partial charge in [-0.1, -0.05) is 11.6 Å². The van der Waals surface area contributed by atoms with Crippen LogP contribution in [-0.4, -0.2) is 29.5 Å². The van der Waals surface area contributed by atoms with Crippen molar-refractivity contribution in [2.75, 3.05) is 19.5 Å². The number of carbonyl (C=O) groups is 1. The first-order chi connectivity index (χ1) is 12.0. The van der Waals surface area contributed by atoms with Crippen LogP contribution >= 0.6 is 11.6 Å². The molecule has 0 radical (unpaired) electrons. The van der Waals surface area contributed by atoms with Crippen LogP contribution in [0.3, 0.4) is 0 Å². The number of nitrogens with one attached hydrogen (secondary N) is 1. The van der Waals surface area contributed by atoms with Crippen molar-refractivity contribution in [1.29, 1.82) is 0 Å². The molecule has 0 saturated heterocycles. The van der Waals surface area contributed by atoms with Crippen molar-refractivity contribution in [2.45, 2.75) is 6.42 Å². The van der Waals surface area contributed by atoms with Gasteiger partial charge >= 0.3 is 0 Å². The summed E-state index contributed by atoms with van der Waals surface area (Å²) in [7, 11) is 2.97. The molecule has 1 aromatic carbocycles. The minimum Gasteiger partial charge on any atom is -0.495 e. The van der Waals surface area contributed by atoms with Gasteiger partial charge in [0.15, 0.2) is 0 Å². The molecule has 1 amide bonds. The van der Waals surface area contributed by atoms with Gasteiger partial charge in [-0.15, -0.1) is 0 Å². The molecule has 25 heavy (non-hydrogen) atoms. The highest BCUT2D eigenvalue weighted by molar-refractivity contribution is 6.32. The average molecular weight is 364 g/mol. The second kappa shape index (κ2) is 6.98. The number of pyridine rings is 1. The zero-order valence-corrected chi connectivity index (χ0v) is 14.3. The first-order valence-electron chi connectivity index (χ1n) is 7.34. The summed E-state index contributed by atoms with van der Waals surface area (Å²) in [5, 5.41) is 3.08. The molecule has 0 bridgehead atoms. The van der Waals surface area contributed by atoms with E-state index in [4.69, 9.17) is 21.1 Å². The molecule has 3 rings (SSSR count). The Morgan fingerprint density at radius 3 is 2.72 bits per heavy atom. The van der Waals surface area contributed by atoms with Crippen molar-refractivity contribution in [1.82, 2.24) is 9.38 Å². The standard InChI is InChI=1S/C17H15ClFN3O3/c1-24-14-7-15(25-2)13(6-12(14)18)21-17(23)5-11-9-22-8-10(19)3-4-16(22)20-11/h3-4,6-9H,5H2,1-2H3,(H,21,23). The molecule has 0 aliphatic rings. The van der Waals surface area contributed by atoms with Crippen LogP contribution < -0.4 is 14.8 Å². The number of halogens is 2. The Kier molecular flexibility index (Phi) is 4.76. The number of hydrogen-bond acceptors (Lipinski definition) is 4. The predicted molar refractivity (Wildman–Crippen MR) is 92.0 cm³/mol. The fourth-order valence-corrected chi connectivity index (χ4v) is 2.66. The lowest BCUT2D eigenvalue weighted by Gasteiger charge is -2.12. The molecular weight excluding hydrogens is 349 g/mol. The number of anilines is 1. The highest BCUT2D eigenvalue weighted by atomic mass is 35.5. The maximum atomic E-state index is 13.2. The zero-order valence-electron chi connectivity index (χ0n) is 13.5. The number of hydrogen-bond donors (Lipinski definition) is 1.